The molecule has 0 N–H and O–H groups in total. The second-order valence-corrected chi connectivity index (χ2v) is 6.77. The van der Waals surface area contributed by atoms with Gasteiger partial charge in [0.15, 0.2) is 5.65 Å². The minimum Gasteiger partial charge on any atom is -0.415 e. The van der Waals surface area contributed by atoms with E-state index >= 15 is 0 Å². The van der Waals surface area contributed by atoms with Crippen LogP contribution in [0.25, 0.3) is 39.6 Å². The average molecular weight is 443 g/mol. The molecule has 32 heavy (non-hydrogen) atoms. The number of rotatable bonds is 5. The maximum Gasteiger partial charge on any atom is 0.314 e. The van der Waals surface area contributed by atoms with Crippen LogP contribution in [0.1, 0.15) is 24.4 Å². The van der Waals surface area contributed by atoms with Crippen LogP contribution in [0.15, 0.2) is 53.1 Å². The van der Waals surface area contributed by atoms with Gasteiger partial charge in [-0.05, 0) is 24.3 Å². The molecular formula is C20H13F4N7O. The Labute approximate surface area is 177 Å². The molecule has 0 saturated carbocycles. The van der Waals surface area contributed by atoms with Crippen molar-refractivity contribution in [1.82, 2.24) is 34.7 Å². The van der Waals surface area contributed by atoms with Gasteiger partial charge in [0.05, 0.1) is 28.0 Å². The first-order valence-electron chi connectivity index (χ1n) is 9.31. The fourth-order valence-electron chi connectivity index (χ4n) is 3.40. The molecule has 5 aromatic rings. The largest absolute Gasteiger partial charge is 0.415 e. The van der Waals surface area contributed by atoms with Gasteiger partial charge in [0.1, 0.15) is 5.69 Å². The molecule has 0 unspecified atom stereocenters. The van der Waals surface area contributed by atoms with Crippen molar-refractivity contribution >= 4 is 11.0 Å². The van der Waals surface area contributed by atoms with Crippen LogP contribution in [0.3, 0.4) is 0 Å². The first-order chi connectivity index (χ1) is 15.4. The molecule has 0 aliphatic rings. The Morgan fingerprint density at radius 3 is 2.38 bits per heavy atom. The number of aromatic nitrogens is 7. The normalized spacial score (nSPS) is 11.8. The van der Waals surface area contributed by atoms with Crippen molar-refractivity contribution in [2.45, 2.75) is 12.9 Å². The van der Waals surface area contributed by atoms with Crippen LogP contribution in [-0.2, 0) is 7.05 Å². The van der Waals surface area contributed by atoms with Gasteiger partial charge in [-0.2, -0.15) is 19.0 Å². The smallest absolute Gasteiger partial charge is 0.314 e. The van der Waals surface area contributed by atoms with Crippen LogP contribution in [0.5, 0.6) is 0 Å². The Kier molecular flexibility index (Phi) is 4.68. The van der Waals surface area contributed by atoms with Crippen LogP contribution < -0.4 is 0 Å². The molecule has 0 aliphatic heterocycles. The Morgan fingerprint density at radius 1 is 0.969 bits per heavy atom. The van der Waals surface area contributed by atoms with Crippen molar-refractivity contribution in [3.05, 3.63) is 60.2 Å². The van der Waals surface area contributed by atoms with E-state index in [4.69, 9.17) is 4.42 Å². The van der Waals surface area contributed by atoms with E-state index in [9.17, 15) is 17.6 Å². The van der Waals surface area contributed by atoms with Crippen molar-refractivity contribution in [3.63, 3.8) is 0 Å². The Balaban J connectivity index is 1.88. The molecule has 1 aromatic carbocycles. The SMILES string of the molecule is Cn1nccc1-c1cc(-c2nnc(C(F)F)o2)c2c(C(F)F)nn(-c3ccccc3)c2n1. The Hall–Kier alpha value is -4.09. The summed E-state index contributed by atoms with van der Waals surface area (Å²) in [6.45, 7) is 0. The van der Waals surface area contributed by atoms with Gasteiger partial charge < -0.3 is 4.42 Å². The highest BCUT2D eigenvalue weighted by Gasteiger charge is 2.28. The Morgan fingerprint density at radius 2 is 1.75 bits per heavy atom. The lowest BCUT2D eigenvalue weighted by atomic mass is 10.1. The molecule has 5 rings (SSSR count). The number of para-hydroxylation sites is 1. The fraction of sp³-hybridized carbons (Fsp3) is 0.150. The third kappa shape index (κ3) is 3.20. The zero-order valence-corrected chi connectivity index (χ0v) is 16.3. The van der Waals surface area contributed by atoms with Gasteiger partial charge in [0.2, 0.25) is 5.89 Å². The maximum absolute atomic E-state index is 14.0. The number of nitrogens with zero attached hydrogens (tertiary/aromatic N) is 7. The standard InChI is InChI=1S/C20H13F4N7O/c1-30-13(7-8-25-30)12-9-11(19-27-28-20(32-19)17(23)24)14-15(16(21)22)29-31(18(14)26-12)10-5-3-2-4-6-10/h2-9,16-17H,1H3. The number of pyridine rings is 1. The van der Waals surface area contributed by atoms with Crippen molar-refractivity contribution in [2.24, 2.45) is 7.05 Å². The highest BCUT2D eigenvalue weighted by molar-refractivity contribution is 5.95. The molecule has 8 nitrogen and oxygen atoms in total. The van der Waals surface area contributed by atoms with E-state index in [1.165, 1.54) is 15.4 Å². The molecule has 4 aromatic heterocycles. The number of aryl methyl sites for hydroxylation is 1. The van der Waals surface area contributed by atoms with Gasteiger partial charge in [-0.25, -0.2) is 18.4 Å². The summed E-state index contributed by atoms with van der Waals surface area (Å²) in [6, 6.07) is 11.7. The molecule has 12 heteroatoms. The third-order valence-corrected chi connectivity index (χ3v) is 4.81. The third-order valence-electron chi connectivity index (χ3n) is 4.81. The van der Waals surface area contributed by atoms with Gasteiger partial charge in [0, 0.05) is 13.2 Å². The second kappa shape index (κ2) is 7.55. The summed E-state index contributed by atoms with van der Waals surface area (Å²) in [7, 11) is 1.68. The first kappa shape index (κ1) is 19.8. The first-order valence-corrected chi connectivity index (χ1v) is 9.31. The zero-order valence-electron chi connectivity index (χ0n) is 16.3. The maximum atomic E-state index is 14.0. The number of halogens is 4. The van der Waals surface area contributed by atoms with Crippen molar-refractivity contribution in [1.29, 1.82) is 0 Å². The molecule has 162 valence electrons. The van der Waals surface area contributed by atoms with E-state index in [0.29, 0.717) is 17.1 Å². The number of hydrogen-bond acceptors (Lipinski definition) is 6. The topological polar surface area (TPSA) is 87.5 Å². The van der Waals surface area contributed by atoms with Crippen LogP contribution in [0.2, 0.25) is 0 Å². The predicted molar refractivity (Wildman–Crippen MR) is 104 cm³/mol. The summed E-state index contributed by atoms with van der Waals surface area (Å²) >= 11 is 0. The van der Waals surface area contributed by atoms with E-state index in [-0.39, 0.29) is 22.5 Å². The number of benzene rings is 1. The molecule has 0 radical (unpaired) electrons. The van der Waals surface area contributed by atoms with Crippen LogP contribution in [-0.4, -0.2) is 34.7 Å². The van der Waals surface area contributed by atoms with Crippen LogP contribution >= 0.6 is 0 Å². The lowest BCUT2D eigenvalue weighted by Crippen LogP contribution is -2.00. The lowest BCUT2D eigenvalue weighted by Gasteiger charge is -2.08. The van der Waals surface area contributed by atoms with Gasteiger partial charge >= 0.3 is 6.43 Å². The summed E-state index contributed by atoms with van der Waals surface area (Å²) in [5.74, 6) is -1.26. The predicted octanol–water partition coefficient (Wildman–Crippen LogP) is 4.75. The van der Waals surface area contributed by atoms with Crippen molar-refractivity contribution < 1.29 is 22.0 Å². The van der Waals surface area contributed by atoms with Crippen LogP contribution in [0.4, 0.5) is 17.6 Å². The molecule has 0 atom stereocenters. The molecule has 4 heterocycles. The molecule has 0 amide bonds. The number of alkyl halides is 4. The molecule has 0 spiro atoms. The van der Waals surface area contributed by atoms with E-state index in [1.54, 1.807) is 49.6 Å². The molecule has 0 saturated heterocycles. The van der Waals surface area contributed by atoms with E-state index < -0.39 is 24.4 Å². The molecule has 0 fully saturated rings. The van der Waals surface area contributed by atoms with Crippen molar-refractivity contribution in [3.8, 4) is 28.5 Å². The summed E-state index contributed by atoms with van der Waals surface area (Å²) in [5, 5.41) is 15.1. The number of fused-ring (bicyclic) bond motifs is 1. The quantitative estimate of drug-likeness (QED) is 0.365. The van der Waals surface area contributed by atoms with Gasteiger partial charge in [-0.15, -0.1) is 10.2 Å². The van der Waals surface area contributed by atoms with Gasteiger partial charge in [-0.1, -0.05) is 18.2 Å². The molecular weight excluding hydrogens is 430 g/mol. The van der Waals surface area contributed by atoms with Gasteiger partial charge in [-0.3, -0.25) is 4.68 Å². The lowest BCUT2D eigenvalue weighted by molar-refractivity contribution is 0.116. The minimum absolute atomic E-state index is 0.0167. The Bertz CT molecular complexity index is 1410. The highest BCUT2D eigenvalue weighted by Crippen LogP contribution is 2.38. The van der Waals surface area contributed by atoms with E-state index in [2.05, 4.69) is 25.4 Å². The van der Waals surface area contributed by atoms with Gasteiger partial charge in [0.25, 0.3) is 12.3 Å². The molecule has 0 bridgehead atoms. The zero-order chi connectivity index (χ0) is 22.4. The highest BCUT2D eigenvalue weighted by atomic mass is 19.3. The van der Waals surface area contributed by atoms with E-state index in [0.717, 1.165) is 0 Å². The summed E-state index contributed by atoms with van der Waals surface area (Å²) in [4.78, 5) is 4.55. The monoisotopic (exact) mass is 443 g/mol. The van der Waals surface area contributed by atoms with E-state index in [1.807, 2.05) is 0 Å². The number of hydrogen-bond donors (Lipinski definition) is 0. The second-order valence-electron chi connectivity index (χ2n) is 6.77. The van der Waals surface area contributed by atoms with Crippen molar-refractivity contribution in [2.75, 3.05) is 0 Å². The summed E-state index contributed by atoms with van der Waals surface area (Å²) in [5.41, 5.74) is 0.895. The minimum atomic E-state index is -3.01. The summed E-state index contributed by atoms with van der Waals surface area (Å²) in [6.07, 6.45) is -4.43. The molecule has 0 aliphatic carbocycles. The fourth-order valence-corrected chi connectivity index (χ4v) is 3.40. The van der Waals surface area contributed by atoms with Crippen LogP contribution in [0, 0.1) is 0 Å². The average Bonchev–Trinajstić information content (AvgIpc) is 3.51. The summed E-state index contributed by atoms with van der Waals surface area (Å²) < 4.78 is 62.0.